The number of hydrogen-bond acceptors (Lipinski definition) is 3. The third kappa shape index (κ3) is 4.26. The molecule has 0 aliphatic rings. The van der Waals surface area contributed by atoms with Crippen LogP contribution in [0.5, 0.6) is 5.75 Å². The number of hydrogen-bond donors (Lipinski definition) is 1. The van der Waals surface area contributed by atoms with E-state index in [1.807, 2.05) is 26.0 Å². The molecule has 0 aromatic heterocycles. The molecule has 4 heteroatoms. The van der Waals surface area contributed by atoms with Gasteiger partial charge >= 0.3 is 0 Å². The zero-order valence-corrected chi connectivity index (χ0v) is 11.1. The topological polar surface area (TPSA) is 45.0 Å². The molecule has 0 heterocycles. The minimum atomic E-state index is -0.508. The molecule has 0 bridgehead atoms. The fraction of sp³-hybridized carbons (Fsp3) is 0.462. The molecule has 0 unspecified atom stereocenters. The van der Waals surface area contributed by atoms with Crippen LogP contribution in [0.15, 0.2) is 18.2 Å². The highest BCUT2D eigenvalue weighted by Crippen LogP contribution is 2.22. The summed E-state index contributed by atoms with van der Waals surface area (Å²) in [6.45, 7) is 4.40. The average Bonchev–Trinajstić information content (AvgIpc) is 2.29. The van der Waals surface area contributed by atoms with Gasteiger partial charge in [-0.15, -0.1) is 0 Å². The lowest BCUT2D eigenvalue weighted by Gasteiger charge is -2.18. The molecular weight excluding hydrogens is 236 g/mol. The zero-order chi connectivity index (χ0) is 12.9. The van der Waals surface area contributed by atoms with Crippen LogP contribution in [0.2, 0.25) is 5.02 Å². The molecule has 0 saturated carbocycles. The lowest BCUT2D eigenvalue weighted by atomic mass is 10.1. The Labute approximate surface area is 107 Å². The first-order valence-electron chi connectivity index (χ1n) is 5.47. The maximum atomic E-state index is 8.88. The normalized spacial score (nSPS) is 11.0. The van der Waals surface area contributed by atoms with Crippen molar-refractivity contribution in [3.63, 3.8) is 0 Å². The van der Waals surface area contributed by atoms with Crippen molar-refractivity contribution in [3.05, 3.63) is 28.8 Å². The van der Waals surface area contributed by atoms with Crippen molar-refractivity contribution in [1.82, 2.24) is 5.32 Å². The number of halogens is 1. The van der Waals surface area contributed by atoms with Gasteiger partial charge < -0.3 is 4.74 Å². The van der Waals surface area contributed by atoms with Crippen molar-refractivity contribution in [1.29, 1.82) is 5.26 Å². The van der Waals surface area contributed by atoms with Crippen LogP contribution in [0, 0.1) is 11.3 Å². The summed E-state index contributed by atoms with van der Waals surface area (Å²) in [5.41, 5.74) is 0.535. The van der Waals surface area contributed by atoms with Crippen LogP contribution in [0.25, 0.3) is 0 Å². The largest absolute Gasteiger partial charge is 0.496 e. The van der Waals surface area contributed by atoms with Crippen LogP contribution in [-0.4, -0.2) is 19.2 Å². The molecule has 0 aliphatic carbocycles. The average molecular weight is 253 g/mol. The molecule has 0 spiro atoms. The molecule has 1 aromatic carbocycles. The van der Waals surface area contributed by atoms with Crippen LogP contribution in [0.3, 0.4) is 0 Å². The second-order valence-corrected chi connectivity index (χ2v) is 4.81. The summed E-state index contributed by atoms with van der Waals surface area (Å²) >= 11 is 5.94. The predicted molar refractivity (Wildman–Crippen MR) is 69.4 cm³/mol. The number of nitriles is 1. The summed E-state index contributed by atoms with van der Waals surface area (Å²) in [5, 5.41) is 12.7. The van der Waals surface area contributed by atoms with Crippen LogP contribution < -0.4 is 10.1 Å². The maximum absolute atomic E-state index is 8.88. The quantitative estimate of drug-likeness (QED) is 0.877. The van der Waals surface area contributed by atoms with Crippen LogP contribution in [0.1, 0.15) is 19.4 Å². The van der Waals surface area contributed by atoms with Crippen molar-refractivity contribution >= 4 is 11.6 Å². The van der Waals surface area contributed by atoms with Gasteiger partial charge in [0.05, 0.1) is 13.2 Å². The molecule has 17 heavy (non-hydrogen) atoms. The highest BCUT2D eigenvalue weighted by Gasteiger charge is 2.15. The molecule has 1 rings (SSSR count). The molecule has 92 valence electrons. The van der Waals surface area contributed by atoms with E-state index in [2.05, 4.69) is 11.4 Å². The fourth-order valence-corrected chi connectivity index (χ4v) is 1.69. The van der Waals surface area contributed by atoms with E-state index in [4.69, 9.17) is 21.6 Å². The molecule has 0 saturated heterocycles. The minimum absolute atomic E-state index is 0.508. The second-order valence-electron chi connectivity index (χ2n) is 4.37. The Balaban J connectivity index is 2.63. The Morgan fingerprint density at radius 1 is 1.47 bits per heavy atom. The molecule has 0 fully saturated rings. The number of rotatable bonds is 5. The molecule has 3 nitrogen and oxygen atoms in total. The second kappa shape index (κ2) is 5.90. The molecule has 1 aromatic rings. The van der Waals surface area contributed by atoms with Crippen LogP contribution in [0.4, 0.5) is 0 Å². The zero-order valence-electron chi connectivity index (χ0n) is 10.4. The SMILES string of the molecule is COc1ccc(Cl)cc1CCNC(C)(C)C#N. The first-order chi connectivity index (χ1) is 7.98. The Morgan fingerprint density at radius 2 is 2.18 bits per heavy atom. The van der Waals surface area contributed by atoms with Gasteiger partial charge in [0.25, 0.3) is 0 Å². The number of nitrogens with one attached hydrogen (secondary N) is 1. The Hall–Kier alpha value is -1.24. The number of ether oxygens (including phenoxy) is 1. The summed E-state index contributed by atoms with van der Waals surface area (Å²) in [4.78, 5) is 0. The standard InChI is InChI=1S/C13H17ClN2O/c1-13(2,9-15)16-7-6-10-8-11(14)4-5-12(10)17-3/h4-5,8,16H,6-7H2,1-3H3. The van der Waals surface area contributed by atoms with Gasteiger partial charge in [0.1, 0.15) is 11.3 Å². The number of nitrogens with zero attached hydrogens (tertiary/aromatic N) is 1. The van der Waals surface area contributed by atoms with E-state index in [-0.39, 0.29) is 0 Å². The first kappa shape index (κ1) is 13.8. The van der Waals surface area contributed by atoms with Gasteiger partial charge in [-0.2, -0.15) is 5.26 Å². The van der Waals surface area contributed by atoms with Gasteiger partial charge in [0, 0.05) is 11.6 Å². The van der Waals surface area contributed by atoms with Crippen molar-refractivity contribution in [2.75, 3.05) is 13.7 Å². The predicted octanol–water partition coefficient (Wildman–Crippen LogP) is 2.78. The van der Waals surface area contributed by atoms with E-state index in [1.54, 1.807) is 13.2 Å². The van der Waals surface area contributed by atoms with E-state index < -0.39 is 5.54 Å². The number of methoxy groups -OCH3 is 1. The summed E-state index contributed by atoms with van der Waals surface area (Å²) in [5.74, 6) is 0.825. The maximum Gasteiger partial charge on any atom is 0.122 e. The van der Waals surface area contributed by atoms with E-state index in [0.29, 0.717) is 11.6 Å². The highest BCUT2D eigenvalue weighted by molar-refractivity contribution is 6.30. The molecule has 0 aliphatic heterocycles. The van der Waals surface area contributed by atoms with Crippen LogP contribution in [-0.2, 0) is 6.42 Å². The first-order valence-corrected chi connectivity index (χ1v) is 5.85. The molecular formula is C13H17ClN2O. The smallest absolute Gasteiger partial charge is 0.122 e. The van der Waals surface area contributed by atoms with Gasteiger partial charge in [-0.3, -0.25) is 5.32 Å². The van der Waals surface area contributed by atoms with Crippen molar-refractivity contribution in [3.8, 4) is 11.8 Å². The van der Waals surface area contributed by atoms with Gasteiger partial charge in [-0.25, -0.2) is 0 Å². The Bertz CT molecular complexity index is 424. The third-order valence-electron chi connectivity index (χ3n) is 2.48. The summed E-state index contributed by atoms with van der Waals surface area (Å²) in [6, 6.07) is 7.75. The van der Waals surface area contributed by atoms with Crippen molar-refractivity contribution < 1.29 is 4.74 Å². The molecule has 0 amide bonds. The van der Waals surface area contributed by atoms with E-state index in [0.717, 1.165) is 17.7 Å². The molecule has 0 atom stereocenters. The summed E-state index contributed by atoms with van der Waals surface area (Å²) < 4.78 is 5.26. The van der Waals surface area contributed by atoms with Crippen molar-refractivity contribution in [2.45, 2.75) is 25.8 Å². The fourth-order valence-electron chi connectivity index (χ4n) is 1.49. The number of benzene rings is 1. The summed E-state index contributed by atoms with van der Waals surface area (Å²) in [6.07, 6.45) is 0.773. The van der Waals surface area contributed by atoms with E-state index in [1.165, 1.54) is 0 Å². The van der Waals surface area contributed by atoms with Gasteiger partial charge in [-0.05, 0) is 44.0 Å². The van der Waals surface area contributed by atoms with E-state index >= 15 is 0 Å². The third-order valence-corrected chi connectivity index (χ3v) is 2.72. The van der Waals surface area contributed by atoms with Crippen LogP contribution >= 0.6 is 11.6 Å². The Kier molecular flexibility index (Phi) is 4.80. The van der Waals surface area contributed by atoms with E-state index in [9.17, 15) is 0 Å². The van der Waals surface area contributed by atoms with Gasteiger partial charge in [0.15, 0.2) is 0 Å². The highest BCUT2D eigenvalue weighted by atomic mass is 35.5. The Morgan fingerprint density at radius 3 is 2.76 bits per heavy atom. The summed E-state index contributed by atoms with van der Waals surface area (Å²) in [7, 11) is 1.64. The molecule has 0 radical (unpaired) electrons. The molecule has 1 N–H and O–H groups in total. The monoisotopic (exact) mass is 252 g/mol. The minimum Gasteiger partial charge on any atom is -0.496 e. The lowest BCUT2D eigenvalue weighted by molar-refractivity contribution is 0.407. The van der Waals surface area contributed by atoms with Gasteiger partial charge in [0.2, 0.25) is 0 Å². The van der Waals surface area contributed by atoms with Gasteiger partial charge in [-0.1, -0.05) is 11.6 Å². The lowest BCUT2D eigenvalue weighted by Crippen LogP contribution is -2.38. The van der Waals surface area contributed by atoms with Crippen molar-refractivity contribution in [2.24, 2.45) is 0 Å².